The quantitative estimate of drug-likeness (QED) is 0.899. The summed E-state index contributed by atoms with van der Waals surface area (Å²) in [7, 11) is 3.28. The molecular formula is C15H22ClN3O2. The molecule has 0 aliphatic rings. The van der Waals surface area contributed by atoms with E-state index in [9.17, 15) is 9.59 Å². The summed E-state index contributed by atoms with van der Waals surface area (Å²) in [5, 5.41) is 3.06. The number of carbonyl (C=O) groups is 2. The fourth-order valence-electron chi connectivity index (χ4n) is 1.62. The van der Waals surface area contributed by atoms with Crippen LogP contribution in [-0.4, -0.2) is 36.9 Å². The fraction of sp³-hybridized carbons (Fsp3) is 0.467. The number of nitrogens with zero attached hydrogens (tertiary/aromatic N) is 1. The molecule has 21 heavy (non-hydrogen) atoms. The van der Waals surface area contributed by atoms with Gasteiger partial charge >= 0.3 is 0 Å². The standard InChI is InChI=1S/C15H22ClN3O2/c1-15(2,3)12(17)13(20)18-9-6-7-11(16)10(8-9)14(21)19(4)5/h6-8,12H,17H2,1-5H3,(H,18,20). The Labute approximate surface area is 130 Å². The minimum atomic E-state index is -0.652. The van der Waals surface area contributed by atoms with Crippen LogP contribution in [0.5, 0.6) is 0 Å². The van der Waals surface area contributed by atoms with Crippen LogP contribution < -0.4 is 11.1 Å². The van der Waals surface area contributed by atoms with Gasteiger partial charge in [0.1, 0.15) is 0 Å². The zero-order valence-electron chi connectivity index (χ0n) is 13.0. The van der Waals surface area contributed by atoms with Gasteiger partial charge in [0.2, 0.25) is 5.91 Å². The third-order valence-electron chi connectivity index (χ3n) is 3.09. The van der Waals surface area contributed by atoms with Crippen molar-refractivity contribution in [3.8, 4) is 0 Å². The van der Waals surface area contributed by atoms with E-state index in [1.807, 2.05) is 20.8 Å². The second-order valence-corrected chi connectivity index (χ2v) is 6.63. The van der Waals surface area contributed by atoms with Crippen LogP contribution in [-0.2, 0) is 4.79 Å². The average molecular weight is 312 g/mol. The van der Waals surface area contributed by atoms with Crippen molar-refractivity contribution in [1.82, 2.24) is 4.90 Å². The summed E-state index contributed by atoms with van der Waals surface area (Å²) in [4.78, 5) is 25.5. The molecule has 0 saturated heterocycles. The maximum Gasteiger partial charge on any atom is 0.254 e. The third kappa shape index (κ3) is 4.44. The van der Waals surface area contributed by atoms with Gasteiger partial charge in [0.25, 0.3) is 5.91 Å². The van der Waals surface area contributed by atoms with Crippen molar-refractivity contribution < 1.29 is 9.59 Å². The molecule has 1 aromatic carbocycles. The molecule has 3 N–H and O–H groups in total. The predicted molar refractivity (Wildman–Crippen MR) is 85.5 cm³/mol. The van der Waals surface area contributed by atoms with E-state index in [0.29, 0.717) is 16.3 Å². The lowest BCUT2D eigenvalue weighted by Gasteiger charge is -2.26. The van der Waals surface area contributed by atoms with Crippen LogP contribution in [0.1, 0.15) is 31.1 Å². The molecule has 1 aromatic rings. The lowest BCUT2D eigenvalue weighted by Crippen LogP contribution is -2.45. The first-order valence-corrected chi connectivity index (χ1v) is 6.99. The van der Waals surface area contributed by atoms with Crippen molar-refractivity contribution >= 4 is 29.1 Å². The van der Waals surface area contributed by atoms with Crippen molar-refractivity contribution in [3.63, 3.8) is 0 Å². The normalized spacial score (nSPS) is 12.7. The van der Waals surface area contributed by atoms with E-state index in [-0.39, 0.29) is 17.2 Å². The van der Waals surface area contributed by atoms with Gasteiger partial charge in [-0.05, 0) is 23.6 Å². The Bertz CT molecular complexity index is 550. The van der Waals surface area contributed by atoms with Crippen LogP contribution >= 0.6 is 11.6 Å². The van der Waals surface area contributed by atoms with E-state index in [0.717, 1.165) is 0 Å². The highest BCUT2D eigenvalue weighted by Crippen LogP contribution is 2.23. The van der Waals surface area contributed by atoms with Gasteiger partial charge in [-0.1, -0.05) is 32.4 Å². The molecule has 0 aliphatic heterocycles. The van der Waals surface area contributed by atoms with Gasteiger partial charge in [0, 0.05) is 19.8 Å². The molecule has 0 fully saturated rings. The van der Waals surface area contributed by atoms with Gasteiger partial charge in [-0.2, -0.15) is 0 Å². The predicted octanol–water partition coefficient (Wildman–Crippen LogP) is 2.35. The molecule has 0 heterocycles. The average Bonchev–Trinajstić information content (AvgIpc) is 2.37. The number of amides is 2. The lowest BCUT2D eigenvalue weighted by atomic mass is 9.87. The van der Waals surface area contributed by atoms with Crippen LogP contribution in [0.3, 0.4) is 0 Å². The minimum Gasteiger partial charge on any atom is -0.345 e. The molecule has 0 aromatic heterocycles. The van der Waals surface area contributed by atoms with E-state index in [1.165, 1.54) is 4.90 Å². The lowest BCUT2D eigenvalue weighted by molar-refractivity contribution is -0.119. The number of nitrogens with one attached hydrogen (secondary N) is 1. The molecular weight excluding hydrogens is 290 g/mol. The van der Waals surface area contributed by atoms with Crippen molar-refractivity contribution in [2.24, 2.45) is 11.1 Å². The number of halogens is 1. The van der Waals surface area contributed by atoms with Gasteiger partial charge in [-0.25, -0.2) is 0 Å². The van der Waals surface area contributed by atoms with Crippen LogP contribution in [0.15, 0.2) is 18.2 Å². The summed E-state index contributed by atoms with van der Waals surface area (Å²) in [5.41, 5.74) is 6.39. The number of hydrogen-bond acceptors (Lipinski definition) is 3. The number of benzene rings is 1. The van der Waals surface area contributed by atoms with Gasteiger partial charge in [-0.3, -0.25) is 9.59 Å². The molecule has 0 spiro atoms. The van der Waals surface area contributed by atoms with Crippen molar-refractivity contribution in [1.29, 1.82) is 0 Å². The number of carbonyl (C=O) groups excluding carboxylic acids is 2. The van der Waals surface area contributed by atoms with Gasteiger partial charge < -0.3 is 16.0 Å². The largest absolute Gasteiger partial charge is 0.345 e. The van der Waals surface area contributed by atoms with Gasteiger partial charge in [0.05, 0.1) is 16.6 Å². The zero-order chi connectivity index (χ0) is 16.4. The Morgan fingerprint density at radius 2 is 1.86 bits per heavy atom. The SMILES string of the molecule is CN(C)C(=O)c1cc(NC(=O)C(N)C(C)(C)C)ccc1Cl. The number of anilines is 1. The molecule has 5 nitrogen and oxygen atoms in total. The van der Waals surface area contributed by atoms with Crippen molar-refractivity contribution in [3.05, 3.63) is 28.8 Å². The number of nitrogens with two attached hydrogens (primary N) is 1. The highest BCUT2D eigenvalue weighted by atomic mass is 35.5. The molecule has 1 unspecified atom stereocenters. The smallest absolute Gasteiger partial charge is 0.254 e. The van der Waals surface area contributed by atoms with E-state index in [2.05, 4.69) is 5.32 Å². The number of hydrogen-bond donors (Lipinski definition) is 2. The van der Waals surface area contributed by atoms with Crippen LogP contribution in [0.2, 0.25) is 5.02 Å². The summed E-state index contributed by atoms with van der Waals surface area (Å²) in [5.74, 6) is -0.524. The van der Waals surface area contributed by atoms with Crippen molar-refractivity contribution in [2.45, 2.75) is 26.8 Å². The highest BCUT2D eigenvalue weighted by Gasteiger charge is 2.27. The number of rotatable bonds is 3. The summed E-state index contributed by atoms with van der Waals surface area (Å²) in [6.45, 7) is 5.67. The maximum atomic E-state index is 12.1. The molecule has 1 atom stereocenters. The fourth-order valence-corrected chi connectivity index (χ4v) is 1.82. The summed E-state index contributed by atoms with van der Waals surface area (Å²) < 4.78 is 0. The summed E-state index contributed by atoms with van der Waals surface area (Å²) in [6, 6.07) is 4.12. The molecule has 6 heteroatoms. The summed E-state index contributed by atoms with van der Waals surface area (Å²) >= 11 is 6.02. The first-order chi connectivity index (χ1) is 9.54. The maximum absolute atomic E-state index is 12.1. The third-order valence-corrected chi connectivity index (χ3v) is 3.42. The molecule has 2 amide bonds. The van der Waals surface area contributed by atoms with E-state index < -0.39 is 6.04 Å². The molecule has 1 rings (SSSR count). The Morgan fingerprint density at radius 1 is 1.29 bits per heavy atom. The van der Waals surface area contributed by atoms with Gasteiger partial charge in [-0.15, -0.1) is 0 Å². The molecule has 0 saturated carbocycles. The molecule has 116 valence electrons. The first kappa shape index (κ1) is 17.5. The van der Waals surface area contributed by atoms with E-state index in [4.69, 9.17) is 17.3 Å². The molecule has 0 bridgehead atoms. The van der Waals surface area contributed by atoms with Crippen LogP contribution in [0, 0.1) is 5.41 Å². The van der Waals surface area contributed by atoms with Crippen molar-refractivity contribution in [2.75, 3.05) is 19.4 Å². The van der Waals surface area contributed by atoms with E-state index in [1.54, 1.807) is 32.3 Å². The topological polar surface area (TPSA) is 75.4 Å². The second-order valence-electron chi connectivity index (χ2n) is 6.23. The minimum absolute atomic E-state index is 0.226. The second kappa shape index (κ2) is 6.45. The zero-order valence-corrected chi connectivity index (χ0v) is 13.8. The Kier molecular flexibility index (Phi) is 5.36. The Balaban J connectivity index is 2.99. The Hall–Kier alpha value is -1.59. The first-order valence-electron chi connectivity index (χ1n) is 6.61. The van der Waals surface area contributed by atoms with Gasteiger partial charge in [0.15, 0.2) is 0 Å². The Morgan fingerprint density at radius 3 is 2.33 bits per heavy atom. The molecule has 0 radical (unpaired) electrons. The highest BCUT2D eigenvalue weighted by molar-refractivity contribution is 6.34. The van der Waals surface area contributed by atoms with Crippen LogP contribution in [0.25, 0.3) is 0 Å². The van der Waals surface area contributed by atoms with Crippen LogP contribution in [0.4, 0.5) is 5.69 Å². The monoisotopic (exact) mass is 311 g/mol. The summed E-state index contributed by atoms with van der Waals surface area (Å²) in [6.07, 6.45) is 0. The molecule has 0 aliphatic carbocycles. The van der Waals surface area contributed by atoms with E-state index >= 15 is 0 Å².